The van der Waals surface area contributed by atoms with Gasteiger partial charge in [0.15, 0.2) is 23.0 Å². The lowest BCUT2D eigenvalue weighted by Gasteiger charge is -2.32. The summed E-state index contributed by atoms with van der Waals surface area (Å²) < 4.78 is 62.1. The Bertz CT molecular complexity index is 2180. The summed E-state index contributed by atoms with van der Waals surface area (Å²) in [6, 6.07) is 15.4. The number of alkyl halides is 3. The van der Waals surface area contributed by atoms with Crippen LogP contribution in [0.3, 0.4) is 0 Å². The number of piperidine rings is 1. The molecule has 1 saturated carbocycles. The first-order chi connectivity index (χ1) is 29.0. The van der Waals surface area contributed by atoms with Crippen molar-refractivity contribution in [1.82, 2.24) is 14.7 Å². The second-order valence-electron chi connectivity index (χ2n) is 17.2. The number of halogens is 3. The molecule has 2 atom stereocenters. The first-order valence-electron chi connectivity index (χ1n) is 21.2. The van der Waals surface area contributed by atoms with E-state index in [1.54, 1.807) is 31.3 Å². The molecule has 1 N–H and O–H groups in total. The van der Waals surface area contributed by atoms with Crippen molar-refractivity contribution < 1.29 is 41.7 Å². The van der Waals surface area contributed by atoms with Gasteiger partial charge >= 0.3 is 6.18 Å². The van der Waals surface area contributed by atoms with E-state index in [4.69, 9.17) is 23.9 Å². The maximum atomic E-state index is 13.9. The molecule has 3 aromatic rings. The number of nitrogens with one attached hydrogen (secondary N) is 1. The van der Waals surface area contributed by atoms with E-state index in [0.29, 0.717) is 103 Å². The minimum atomic E-state index is -4.17. The Morgan fingerprint density at radius 3 is 2.20 bits per heavy atom. The van der Waals surface area contributed by atoms with Crippen LogP contribution in [0.4, 0.5) is 24.5 Å². The highest BCUT2D eigenvalue weighted by Gasteiger charge is 2.53. The van der Waals surface area contributed by atoms with E-state index in [-0.39, 0.29) is 29.8 Å². The van der Waals surface area contributed by atoms with Crippen molar-refractivity contribution in [3.63, 3.8) is 0 Å². The molecule has 14 heteroatoms. The molecule has 1 aliphatic carbocycles. The van der Waals surface area contributed by atoms with E-state index in [1.165, 1.54) is 17.7 Å². The molecule has 9 rings (SSSR count). The summed E-state index contributed by atoms with van der Waals surface area (Å²) in [6.07, 6.45) is 7.56. The van der Waals surface area contributed by atoms with Crippen LogP contribution in [0.25, 0.3) is 5.57 Å². The highest BCUT2D eigenvalue weighted by atomic mass is 19.4. The quantitative estimate of drug-likeness (QED) is 0.171. The molecule has 6 aliphatic rings. The van der Waals surface area contributed by atoms with Crippen molar-refractivity contribution in [2.75, 3.05) is 65.5 Å². The van der Waals surface area contributed by atoms with Crippen LogP contribution in [0.2, 0.25) is 0 Å². The fraction of sp³-hybridized carbons (Fsp3) is 0.500. The first-order valence-corrected chi connectivity index (χ1v) is 21.2. The van der Waals surface area contributed by atoms with Crippen LogP contribution in [0.5, 0.6) is 23.0 Å². The Balaban J connectivity index is 0.762. The molecule has 2 saturated heterocycles. The molecule has 3 aromatic carbocycles. The number of unbranched alkanes of at least 4 members (excludes halogenated alkanes) is 2. The summed E-state index contributed by atoms with van der Waals surface area (Å²) in [5.74, 6) is 2.27. The smallest absolute Gasteiger partial charge is 0.401 e. The number of anilines is 1. The molecule has 1 spiro atoms. The number of benzene rings is 3. The number of methoxy groups -OCH3 is 2. The van der Waals surface area contributed by atoms with Crippen LogP contribution in [-0.2, 0) is 0 Å². The molecule has 0 bridgehead atoms. The average molecular weight is 828 g/mol. The number of carbonyl (C=O) groups excluding carboxylic acids is 2. The summed E-state index contributed by atoms with van der Waals surface area (Å²) in [5, 5.41) is 3.48. The second kappa shape index (κ2) is 16.3. The molecule has 11 nitrogen and oxygen atoms in total. The van der Waals surface area contributed by atoms with Crippen molar-refractivity contribution in [2.24, 2.45) is 10.4 Å². The number of hydrogen-bond donors (Lipinski definition) is 1. The van der Waals surface area contributed by atoms with Crippen LogP contribution in [0.15, 0.2) is 59.7 Å². The highest BCUT2D eigenvalue weighted by molar-refractivity contribution is 6.04. The number of amides is 2. The van der Waals surface area contributed by atoms with Crippen LogP contribution in [-0.4, -0.2) is 111 Å². The van der Waals surface area contributed by atoms with Crippen molar-refractivity contribution in [3.8, 4) is 23.0 Å². The molecule has 60 heavy (non-hydrogen) atoms. The third-order valence-electron chi connectivity index (χ3n) is 13.2. The number of ether oxygens (including phenoxy) is 4. The molecule has 0 aromatic heterocycles. The summed E-state index contributed by atoms with van der Waals surface area (Å²) in [5.41, 5.74) is 5.92. The summed E-state index contributed by atoms with van der Waals surface area (Å²) in [7, 11) is 3.15. The number of fused-ring (bicyclic) bond motifs is 4. The van der Waals surface area contributed by atoms with Gasteiger partial charge in [0, 0.05) is 37.6 Å². The van der Waals surface area contributed by atoms with E-state index < -0.39 is 12.7 Å². The number of carbonyl (C=O) groups is 2. The molecule has 0 unspecified atom stereocenters. The zero-order valence-electron chi connectivity index (χ0n) is 34.2. The van der Waals surface area contributed by atoms with E-state index in [1.807, 2.05) is 29.4 Å². The van der Waals surface area contributed by atoms with Gasteiger partial charge in [-0.3, -0.25) is 19.5 Å². The maximum absolute atomic E-state index is 13.9. The summed E-state index contributed by atoms with van der Waals surface area (Å²) >= 11 is 0. The standard InChI is InChI=1S/C46H52F3N5O6/c1-57-39-19-35-37(50-24-33-18-32(26-53(33)43(35)55)30-8-6-29(7-9-30)31-10-14-52(15-11-31)28-46(47,48)49)21-41(39)59-16-4-3-5-17-60-42-22-38-36(20-40(42)58-2)44(56)54-27-45(12-13-45)23-34(54)25-51-38/h6-9,19-22,25-26,31,33-34,50H,3-5,10-18,23-24,27-28H2,1-2H3/t33-,34-/m0/s1. The number of rotatable bonds is 13. The predicted octanol–water partition coefficient (Wildman–Crippen LogP) is 8.47. The molecule has 0 radical (unpaired) electrons. The third kappa shape index (κ3) is 8.27. The molecule has 2 amide bonds. The molecular weight excluding hydrogens is 776 g/mol. The van der Waals surface area contributed by atoms with Crippen molar-refractivity contribution in [1.29, 1.82) is 0 Å². The van der Waals surface area contributed by atoms with Gasteiger partial charge in [-0.25, -0.2) is 0 Å². The Labute approximate surface area is 348 Å². The fourth-order valence-corrected chi connectivity index (χ4v) is 9.59. The number of aliphatic imine (C=N–C) groups is 1. The second-order valence-corrected chi connectivity index (χ2v) is 17.2. The summed E-state index contributed by atoms with van der Waals surface area (Å²) in [6.45, 7) is 2.32. The van der Waals surface area contributed by atoms with Gasteiger partial charge in [-0.1, -0.05) is 24.3 Å². The van der Waals surface area contributed by atoms with Gasteiger partial charge < -0.3 is 34.1 Å². The lowest BCUT2D eigenvalue weighted by Crippen LogP contribution is -2.39. The number of nitrogens with zero attached hydrogens (tertiary/aromatic N) is 4. The minimum absolute atomic E-state index is 0.00524. The molecule has 318 valence electrons. The van der Waals surface area contributed by atoms with Gasteiger partial charge in [0.2, 0.25) is 0 Å². The van der Waals surface area contributed by atoms with Crippen LogP contribution < -0.4 is 24.3 Å². The molecule has 5 aliphatic heterocycles. The molecule has 5 heterocycles. The third-order valence-corrected chi connectivity index (χ3v) is 13.2. The number of hydrogen-bond acceptors (Lipinski definition) is 9. The van der Waals surface area contributed by atoms with Crippen molar-refractivity contribution in [2.45, 2.75) is 82.0 Å². The molecular formula is C46H52F3N5O6. The van der Waals surface area contributed by atoms with Gasteiger partial charge in [0.05, 0.1) is 68.6 Å². The SMILES string of the molecule is COc1cc2c(cc1OCCCCCOc1cc3c(cc1OC)C(=O)N1C=C(c4ccc(C5CCN(CC(F)(F)F)CC5)cc4)C[C@H]1CN3)N=C[C@@H]1CC3(CC3)CN1C2=O. The van der Waals surface area contributed by atoms with E-state index in [2.05, 4.69) is 29.6 Å². The van der Waals surface area contributed by atoms with E-state index in [9.17, 15) is 22.8 Å². The lowest BCUT2D eigenvalue weighted by atomic mass is 9.88. The predicted molar refractivity (Wildman–Crippen MR) is 222 cm³/mol. The van der Waals surface area contributed by atoms with Crippen LogP contribution >= 0.6 is 0 Å². The van der Waals surface area contributed by atoms with Crippen LogP contribution in [0, 0.1) is 5.41 Å². The Kier molecular flexibility index (Phi) is 10.9. The minimum Gasteiger partial charge on any atom is -0.493 e. The fourth-order valence-electron chi connectivity index (χ4n) is 9.59. The maximum Gasteiger partial charge on any atom is 0.401 e. The summed E-state index contributed by atoms with van der Waals surface area (Å²) in [4.78, 5) is 37.4. The van der Waals surface area contributed by atoms with Gasteiger partial charge in [-0.15, -0.1) is 0 Å². The monoisotopic (exact) mass is 827 g/mol. The van der Waals surface area contributed by atoms with Crippen molar-refractivity contribution in [3.05, 3.63) is 77.0 Å². The zero-order valence-corrected chi connectivity index (χ0v) is 34.2. The van der Waals surface area contributed by atoms with Crippen molar-refractivity contribution >= 4 is 35.0 Å². The van der Waals surface area contributed by atoms with Gasteiger partial charge in [-0.2, -0.15) is 13.2 Å². The Morgan fingerprint density at radius 1 is 0.850 bits per heavy atom. The molecule has 3 fully saturated rings. The largest absolute Gasteiger partial charge is 0.493 e. The zero-order chi connectivity index (χ0) is 41.6. The van der Waals surface area contributed by atoms with Gasteiger partial charge in [0.1, 0.15) is 0 Å². The highest BCUT2D eigenvalue weighted by Crippen LogP contribution is 2.55. The Morgan fingerprint density at radius 2 is 1.53 bits per heavy atom. The first kappa shape index (κ1) is 40.2. The van der Waals surface area contributed by atoms with E-state index in [0.717, 1.165) is 48.9 Å². The Hall–Kier alpha value is -5.24. The normalized spacial score (nSPS) is 22.0. The number of likely N-dealkylation sites (tertiary alicyclic amines) is 1. The topological polar surface area (TPSA) is 105 Å². The van der Waals surface area contributed by atoms with Gasteiger partial charge in [-0.05, 0) is 111 Å². The lowest BCUT2D eigenvalue weighted by molar-refractivity contribution is -0.147. The average Bonchev–Trinajstić information content (AvgIpc) is 3.77. The van der Waals surface area contributed by atoms with Gasteiger partial charge in [0.25, 0.3) is 11.8 Å². The van der Waals surface area contributed by atoms with E-state index >= 15 is 0 Å². The van der Waals surface area contributed by atoms with Crippen LogP contribution in [0.1, 0.15) is 95.5 Å².